The van der Waals surface area contributed by atoms with Crippen LogP contribution in [0.4, 0.5) is 4.79 Å². The summed E-state index contributed by atoms with van der Waals surface area (Å²) in [6.45, 7) is 5.31. The molecule has 0 aliphatic rings. The third-order valence-electron chi connectivity index (χ3n) is 0.746. The Bertz CT molecular complexity index is 114. The number of hydrogen-bond donors (Lipinski definition) is 1. The normalized spacial score (nSPS) is 13.2. The Labute approximate surface area is 60.3 Å². The molecule has 0 heterocycles. The fourth-order valence-electron chi connectivity index (χ4n) is 0.575. The molecular formula is C6H13NO3. The first-order valence-corrected chi connectivity index (χ1v) is 3.14. The predicted octanol–water partition coefficient (Wildman–Crippen LogP) is 0.853. The molecule has 0 aromatic heterocycles. The summed E-state index contributed by atoms with van der Waals surface area (Å²) < 4.78 is 9.52. The molecule has 0 fully saturated rings. The highest BCUT2D eigenvalue weighted by atomic mass is 16.7. The molecule has 0 aliphatic heterocycles. The fourth-order valence-corrected chi connectivity index (χ4v) is 0.575. The molecule has 0 aliphatic carbocycles. The van der Waals surface area contributed by atoms with Crippen LogP contribution in [-0.2, 0) is 9.47 Å². The first kappa shape index (κ1) is 9.23. The van der Waals surface area contributed by atoms with E-state index in [9.17, 15) is 4.79 Å². The van der Waals surface area contributed by atoms with E-state index in [0.29, 0.717) is 0 Å². The van der Waals surface area contributed by atoms with Crippen molar-refractivity contribution in [3.8, 4) is 0 Å². The zero-order valence-corrected chi connectivity index (χ0v) is 6.46. The molecule has 0 saturated heterocycles. The second-order valence-electron chi connectivity index (χ2n) is 2.19. The van der Waals surface area contributed by atoms with E-state index in [-0.39, 0.29) is 6.10 Å². The maximum absolute atomic E-state index is 10.1. The van der Waals surface area contributed by atoms with Crippen molar-refractivity contribution in [1.29, 1.82) is 0 Å². The van der Waals surface area contributed by atoms with E-state index >= 15 is 0 Å². The molecule has 0 bridgehead atoms. The molecule has 1 unspecified atom stereocenters. The monoisotopic (exact) mass is 147 g/mol. The average molecular weight is 147 g/mol. The Balaban J connectivity index is 3.43. The highest BCUT2D eigenvalue weighted by Crippen LogP contribution is 1.97. The van der Waals surface area contributed by atoms with Crippen LogP contribution in [0.15, 0.2) is 0 Å². The van der Waals surface area contributed by atoms with Crippen molar-refractivity contribution in [2.75, 3.05) is 0 Å². The second-order valence-corrected chi connectivity index (χ2v) is 2.19. The first-order chi connectivity index (χ1) is 4.52. The lowest BCUT2D eigenvalue weighted by Gasteiger charge is -2.14. The molecule has 0 spiro atoms. The van der Waals surface area contributed by atoms with Gasteiger partial charge in [-0.25, -0.2) is 4.79 Å². The van der Waals surface area contributed by atoms with Crippen molar-refractivity contribution in [2.24, 2.45) is 5.73 Å². The van der Waals surface area contributed by atoms with Crippen LogP contribution in [0.5, 0.6) is 0 Å². The van der Waals surface area contributed by atoms with Gasteiger partial charge in [0, 0.05) is 0 Å². The van der Waals surface area contributed by atoms with Gasteiger partial charge in [-0.15, -0.1) is 0 Å². The number of carbonyl (C=O) groups is 1. The molecule has 0 radical (unpaired) electrons. The van der Waals surface area contributed by atoms with Crippen LogP contribution < -0.4 is 5.73 Å². The molecule has 10 heavy (non-hydrogen) atoms. The third-order valence-corrected chi connectivity index (χ3v) is 0.746. The number of carbonyl (C=O) groups excluding carboxylic acids is 1. The maximum atomic E-state index is 10.1. The van der Waals surface area contributed by atoms with E-state index in [1.165, 1.54) is 0 Å². The second kappa shape index (κ2) is 4.11. The molecule has 4 heteroatoms. The van der Waals surface area contributed by atoms with Crippen molar-refractivity contribution in [2.45, 2.75) is 33.2 Å². The summed E-state index contributed by atoms with van der Waals surface area (Å²) in [5.74, 6) is 0. The minimum atomic E-state index is -0.812. The average Bonchev–Trinajstić information content (AvgIpc) is 1.58. The van der Waals surface area contributed by atoms with Gasteiger partial charge in [0.2, 0.25) is 6.29 Å². The molecule has 1 amide bonds. The van der Waals surface area contributed by atoms with Crippen molar-refractivity contribution >= 4 is 6.09 Å². The van der Waals surface area contributed by atoms with Gasteiger partial charge in [0.15, 0.2) is 0 Å². The lowest BCUT2D eigenvalue weighted by atomic mass is 10.5. The van der Waals surface area contributed by atoms with Gasteiger partial charge in [-0.05, 0) is 20.8 Å². The van der Waals surface area contributed by atoms with E-state index in [1.807, 2.05) is 13.8 Å². The van der Waals surface area contributed by atoms with Crippen LogP contribution in [0, 0.1) is 0 Å². The van der Waals surface area contributed by atoms with Gasteiger partial charge in [-0.2, -0.15) is 0 Å². The van der Waals surface area contributed by atoms with E-state index in [2.05, 4.69) is 4.74 Å². The number of ether oxygens (including phenoxy) is 2. The fraction of sp³-hybridized carbons (Fsp3) is 0.833. The van der Waals surface area contributed by atoms with Gasteiger partial charge >= 0.3 is 6.09 Å². The van der Waals surface area contributed by atoms with E-state index in [4.69, 9.17) is 10.5 Å². The van der Waals surface area contributed by atoms with E-state index in [1.54, 1.807) is 6.92 Å². The number of rotatable bonds is 3. The summed E-state index contributed by atoms with van der Waals surface area (Å²) in [5, 5.41) is 0. The maximum Gasteiger partial charge on any atom is 0.406 e. The van der Waals surface area contributed by atoms with Gasteiger partial charge in [-0.3, -0.25) is 0 Å². The van der Waals surface area contributed by atoms with Crippen LogP contribution in [0.3, 0.4) is 0 Å². The molecule has 0 aromatic rings. The van der Waals surface area contributed by atoms with Gasteiger partial charge in [0.05, 0.1) is 6.10 Å². The largest absolute Gasteiger partial charge is 0.420 e. The standard InChI is InChI=1S/C6H13NO3/c1-4(2)9-5(3)10-6(7)8/h4-5H,1-3H3,(H2,7,8). The Kier molecular flexibility index (Phi) is 3.79. The molecule has 0 saturated carbocycles. The summed E-state index contributed by atoms with van der Waals surface area (Å²) in [6, 6.07) is 0. The predicted molar refractivity (Wildman–Crippen MR) is 36.4 cm³/mol. The summed E-state index contributed by atoms with van der Waals surface area (Å²) in [4.78, 5) is 10.1. The topological polar surface area (TPSA) is 61.6 Å². The zero-order valence-electron chi connectivity index (χ0n) is 6.46. The molecule has 2 N–H and O–H groups in total. The number of primary amides is 1. The number of hydrogen-bond acceptors (Lipinski definition) is 3. The quantitative estimate of drug-likeness (QED) is 0.602. The van der Waals surface area contributed by atoms with Crippen molar-refractivity contribution in [3.63, 3.8) is 0 Å². The SMILES string of the molecule is CC(C)OC(C)OC(N)=O. The Hall–Kier alpha value is -0.770. The van der Waals surface area contributed by atoms with Crippen LogP contribution in [0.1, 0.15) is 20.8 Å². The highest BCUT2D eigenvalue weighted by Gasteiger charge is 2.06. The smallest absolute Gasteiger partial charge is 0.406 e. The lowest BCUT2D eigenvalue weighted by Crippen LogP contribution is -2.24. The highest BCUT2D eigenvalue weighted by molar-refractivity contribution is 5.64. The van der Waals surface area contributed by atoms with Crippen molar-refractivity contribution < 1.29 is 14.3 Å². The Morgan fingerprint density at radius 2 is 1.90 bits per heavy atom. The summed E-state index contributed by atoms with van der Waals surface area (Å²) >= 11 is 0. The van der Waals surface area contributed by atoms with Gasteiger partial charge in [0.1, 0.15) is 0 Å². The summed E-state index contributed by atoms with van der Waals surface area (Å²) in [5.41, 5.74) is 4.73. The Morgan fingerprint density at radius 3 is 2.20 bits per heavy atom. The molecule has 60 valence electrons. The minimum Gasteiger partial charge on any atom is -0.420 e. The first-order valence-electron chi connectivity index (χ1n) is 3.14. The van der Waals surface area contributed by atoms with Crippen molar-refractivity contribution in [3.05, 3.63) is 0 Å². The molecule has 0 rings (SSSR count). The van der Waals surface area contributed by atoms with Crippen LogP contribution in [0.2, 0.25) is 0 Å². The van der Waals surface area contributed by atoms with Crippen molar-refractivity contribution in [1.82, 2.24) is 0 Å². The summed E-state index contributed by atoms with van der Waals surface area (Å²) in [7, 11) is 0. The van der Waals surface area contributed by atoms with Crippen LogP contribution >= 0.6 is 0 Å². The number of amides is 1. The Morgan fingerprint density at radius 1 is 1.40 bits per heavy atom. The minimum absolute atomic E-state index is 0.0364. The lowest BCUT2D eigenvalue weighted by molar-refractivity contribution is -0.114. The van der Waals surface area contributed by atoms with Gasteiger partial charge in [0.25, 0.3) is 0 Å². The van der Waals surface area contributed by atoms with E-state index in [0.717, 1.165) is 0 Å². The van der Waals surface area contributed by atoms with Gasteiger partial charge in [-0.1, -0.05) is 0 Å². The van der Waals surface area contributed by atoms with E-state index < -0.39 is 12.4 Å². The zero-order chi connectivity index (χ0) is 8.15. The van der Waals surface area contributed by atoms with Crippen LogP contribution in [-0.4, -0.2) is 18.5 Å². The summed E-state index contributed by atoms with van der Waals surface area (Å²) in [6.07, 6.45) is -1.33. The molecule has 1 atom stereocenters. The molecule has 0 aromatic carbocycles. The molecular weight excluding hydrogens is 134 g/mol. The van der Waals surface area contributed by atoms with Gasteiger partial charge < -0.3 is 15.2 Å². The third kappa shape index (κ3) is 5.37. The molecule has 4 nitrogen and oxygen atoms in total. The van der Waals surface area contributed by atoms with Crippen LogP contribution in [0.25, 0.3) is 0 Å². The number of nitrogens with two attached hydrogens (primary N) is 1.